The van der Waals surface area contributed by atoms with Crippen LogP contribution in [0.25, 0.3) is 0 Å². The first kappa shape index (κ1) is 10.7. The quantitative estimate of drug-likeness (QED) is 0.721. The van der Waals surface area contributed by atoms with E-state index in [-0.39, 0.29) is 11.9 Å². The summed E-state index contributed by atoms with van der Waals surface area (Å²) in [6.07, 6.45) is 4.13. The second-order valence-electron chi connectivity index (χ2n) is 3.93. The predicted octanol–water partition coefficient (Wildman–Crippen LogP) is -0.226. The van der Waals surface area contributed by atoms with Gasteiger partial charge in [-0.25, -0.2) is 4.98 Å². The summed E-state index contributed by atoms with van der Waals surface area (Å²) < 4.78 is 0. The average Bonchev–Trinajstić information content (AvgIpc) is 2.65. The highest BCUT2D eigenvalue weighted by Gasteiger charge is 2.24. The van der Waals surface area contributed by atoms with Crippen LogP contribution in [-0.2, 0) is 4.79 Å². The van der Waals surface area contributed by atoms with Crippen LogP contribution < -0.4 is 16.0 Å². The van der Waals surface area contributed by atoms with E-state index < -0.39 is 0 Å². The summed E-state index contributed by atoms with van der Waals surface area (Å²) in [5.41, 5.74) is 5.57. The maximum Gasteiger partial charge on any atom is 0.217 e. The summed E-state index contributed by atoms with van der Waals surface area (Å²) in [7, 11) is 0. The number of amides is 1. The Balaban J connectivity index is 2.00. The molecule has 3 N–H and O–H groups in total. The Morgan fingerprint density at radius 1 is 1.62 bits per heavy atom. The molecule has 0 radical (unpaired) electrons. The van der Waals surface area contributed by atoms with Crippen LogP contribution in [0.2, 0.25) is 0 Å². The molecular formula is C10H15N5O. The number of nitrogens with zero attached hydrogens (tertiary/aromatic N) is 3. The summed E-state index contributed by atoms with van der Waals surface area (Å²) in [5, 5.41) is 2.90. The van der Waals surface area contributed by atoms with Crippen LogP contribution in [-0.4, -0.2) is 35.0 Å². The zero-order chi connectivity index (χ0) is 11.5. The number of hydrogen-bond donors (Lipinski definition) is 2. The fourth-order valence-corrected chi connectivity index (χ4v) is 1.90. The molecule has 0 aromatic carbocycles. The Labute approximate surface area is 93.9 Å². The summed E-state index contributed by atoms with van der Waals surface area (Å²) in [4.78, 5) is 21.2. The van der Waals surface area contributed by atoms with Crippen LogP contribution in [0.15, 0.2) is 12.4 Å². The molecule has 1 amide bonds. The molecule has 1 aromatic rings. The van der Waals surface area contributed by atoms with Gasteiger partial charge in [0.05, 0.1) is 12.4 Å². The largest absolute Gasteiger partial charge is 0.382 e. The smallest absolute Gasteiger partial charge is 0.217 e. The zero-order valence-electron chi connectivity index (χ0n) is 9.18. The van der Waals surface area contributed by atoms with E-state index in [9.17, 15) is 4.79 Å². The molecule has 0 spiro atoms. The Kier molecular flexibility index (Phi) is 2.89. The summed E-state index contributed by atoms with van der Waals surface area (Å²) in [6.45, 7) is 3.16. The normalized spacial score (nSPS) is 19.8. The number of anilines is 2. The van der Waals surface area contributed by atoms with Crippen LogP contribution in [0.1, 0.15) is 13.3 Å². The van der Waals surface area contributed by atoms with Gasteiger partial charge >= 0.3 is 0 Å². The van der Waals surface area contributed by atoms with Crippen molar-refractivity contribution in [1.82, 2.24) is 15.3 Å². The second-order valence-corrected chi connectivity index (χ2v) is 3.93. The van der Waals surface area contributed by atoms with Crippen LogP contribution in [0, 0.1) is 0 Å². The maximum atomic E-state index is 10.9. The number of hydrogen-bond acceptors (Lipinski definition) is 5. The number of nitrogens with one attached hydrogen (secondary N) is 1. The van der Waals surface area contributed by atoms with Crippen molar-refractivity contribution in [3.05, 3.63) is 12.4 Å². The molecule has 2 heterocycles. The molecule has 0 bridgehead atoms. The van der Waals surface area contributed by atoms with Crippen molar-refractivity contribution >= 4 is 17.5 Å². The zero-order valence-corrected chi connectivity index (χ0v) is 9.18. The highest BCUT2D eigenvalue weighted by Crippen LogP contribution is 2.17. The highest BCUT2D eigenvalue weighted by atomic mass is 16.1. The Morgan fingerprint density at radius 2 is 2.44 bits per heavy atom. The fourth-order valence-electron chi connectivity index (χ4n) is 1.90. The lowest BCUT2D eigenvalue weighted by Gasteiger charge is -2.17. The maximum absolute atomic E-state index is 10.9. The van der Waals surface area contributed by atoms with Gasteiger partial charge in [0.2, 0.25) is 5.91 Å². The van der Waals surface area contributed by atoms with Crippen molar-refractivity contribution in [2.24, 2.45) is 0 Å². The topological polar surface area (TPSA) is 84.1 Å². The third-order valence-corrected chi connectivity index (χ3v) is 2.56. The van der Waals surface area contributed by atoms with Crippen LogP contribution in [0.5, 0.6) is 0 Å². The molecule has 1 fully saturated rings. The van der Waals surface area contributed by atoms with E-state index in [1.54, 1.807) is 6.20 Å². The van der Waals surface area contributed by atoms with E-state index >= 15 is 0 Å². The van der Waals surface area contributed by atoms with Gasteiger partial charge in [0.25, 0.3) is 0 Å². The molecule has 1 atom stereocenters. The lowest BCUT2D eigenvalue weighted by atomic mass is 10.3. The molecule has 6 nitrogen and oxygen atoms in total. The molecule has 16 heavy (non-hydrogen) atoms. The molecule has 1 unspecified atom stereocenters. The van der Waals surface area contributed by atoms with E-state index in [2.05, 4.69) is 20.2 Å². The van der Waals surface area contributed by atoms with Crippen molar-refractivity contribution in [2.75, 3.05) is 23.7 Å². The Bertz CT molecular complexity index is 395. The molecule has 2 rings (SSSR count). The van der Waals surface area contributed by atoms with Gasteiger partial charge < -0.3 is 16.0 Å². The summed E-state index contributed by atoms with van der Waals surface area (Å²) in [6, 6.07) is 0.195. The molecular weight excluding hydrogens is 206 g/mol. The van der Waals surface area contributed by atoms with E-state index in [0.29, 0.717) is 5.82 Å². The minimum atomic E-state index is 0.00510. The summed E-state index contributed by atoms with van der Waals surface area (Å²) >= 11 is 0. The van der Waals surface area contributed by atoms with Gasteiger partial charge in [-0.05, 0) is 6.42 Å². The van der Waals surface area contributed by atoms with Gasteiger partial charge in [0.1, 0.15) is 11.6 Å². The average molecular weight is 221 g/mol. The number of rotatable bonds is 2. The van der Waals surface area contributed by atoms with Crippen molar-refractivity contribution in [2.45, 2.75) is 19.4 Å². The van der Waals surface area contributed by atoms with Gasteiger partial charge in [-0.1, -0.05) is 0 Å². The lowest BCUT2D eigenvalue weighted by Crippen LogP contribution is -2.35. The first-order valence-electron chi connectivity index (χ1n) is 5.24. The van der Waals surface area contributed by atoms with E-state index in [1.807, 2.05) is 0 Å². The lowest BCUT2D eigenvalue weighted by molar-refractivity contribution is -0.119. The predicted molar refractivity (Wildman–Crippen MR) is 60.9 cm³/mol. The third kappa shape index (κ3) is 2.39. The van der Waals surface area contributed by atoms with Gasteiger partial charge in [-0.2, -0.15) is 0 Å². The Morgan fingerprint density at radius 3 is 3.12 bits per heavy atom. The van der Waals surface area contributed by atoms with E-state index in [1.165, 1.54) is 13.1 Å². The summed E-state index contributed by atoms with van der Waals surface area (Å²) in [5.74, 6) is 1.19. The molecule has 1 aliphatic rings. The second kappa shape index (κ2) is 4.34. The molecule has 1 aromatic heterocycles. The van der Waals surface area contributed by atoms with Crippen molar-refractivity contribution in [3.63, 3.8) is 0 Å². The van der Waals surface area contributed by atoms with Crippen LogP contribution in [0.4, 0.5) is 11.6 Å². The minimum Gasteiger partial charge on any atom is -0.382 e. The van der Waals surface area contributed by atoms with Gasteiger partial charge in [-0.15, -0.1) is 0 Å². The number of carbonyl (C=O) groups is 1. The van der Waals surface area contributed by atoms with Gasteiger partial charge in [0, 0.05) is 26.1 Å². The molecule has 6 heteroatoms. The van der Waals surface area contributed by atoms with Gasteiger partial charge in [-0.3, -0.25) is 9.78 Å². The Hall–Kier alpha value is -1.85. The highest BCUT2D eigenvalue weighted by molar-refractivity contribution is 5.73. The molecule has 1 saturated heterocycles. The van der Waals surface area contributed by atoms with E-state index in [0.717, 1.165) is 25.3 Å². The standard InChI is InChI=1S/C10H15N5O/c1-7(16)13-8-2-3-15(6-8)10-5-12-4-9(11)14-10/h4-5,8H,2-3,6H2,1H3,(H2,11,14)(H,13,16). The van der Waals surface area contributed by atoms with Crippen molar-refractivity contribution in [1.29, 1.82) is 0 Å². The minimum absolute atomic E-state index is 0.00510. The monoisotopic (exact) mass is 221 g/mol. The molecule has 0 aliphatic carbocycles. The number of nitrogen functional groups attached to an aromatic ring is 1. The molecule has 1 aliphatic heterocycles. The molecule has 86 valence electrons. The SMILES string of the molecule is CC(=O)NC1CCN(c2cncc(N)n2)C1. The first-order valence-corrected chi connectivity index (χ1v) is 5.24. The molecule has 0 saturated carbocycles. The number of carbonyl (C=O) groups excluding carboxylic acids is 1. The first-order chi connectivity index (χ1) is 7.65. The number of aromatic nitrogens is 2. The van der Waals surface area contributed by atoms with Crippen LogP contribution >= 0.6 is 0 Å². The van der Waals surface area contributed by atoms with E-state index in [4.69, 9.17) is 5.73 Å². The van der Waals surface area contributed by atoms with Gasteiger partial charge in [0.15, 0.2) is 0 Å². The van der Waals surface area contributed by atoms with Crippen molar-refractivity contribution in [3.8, 4) is 0 Å². The fraction of sp³-hybridized carbons (Fsp3) is 0.500. The van der Waals surface area contributed by atoms with Crippen molar-refractivity contribution < 1.29 is 4.79 Å². The van der Waals surface area contributed by atoms with Crippen LogP contribution in [0.3, 0.4) is 0 Å². The third-order valence-electron chi connectivity index (χ3n) is 2.56. The number of nitrogens with two attached hydrogens (primary N) is 1.